The lowest BCUT2D eigenvalue weighted by Crippen LogP contribution is -2.30. The number of aromatic amines is 1. The Kier molecular flexibility index (Phi) is 4.61. The number of nitrogens with one attached hydrogen (secondary N) is 1. The number of benzene rings is 2. The molecule has 4 aromatic rings. The molecule has 0 unspecified atom stereocenters. The normalized spacial score (nSPS) is 12.4. The van der Waals surface area contributed by atoms with Crippen molar-refractivity contribution in [2.45, 2.75) is 12.4 Å². The first-order chi connectivity index (χ1) is 12.5. The lowest BCUT2D eigenvalue weighted by Gasteiger charge is -2.08. The molecule has 0 bridgehead atoms. The Balaban J connectivity index is 0.000000226. The minimum absolute atomic E-state index is 1.20. The molecule has 0 atom stereocenters. The summed E-state index contributed by atoms with van der Waals surface area (Å²) in [6, 6.07) is 17.1. The van der Waals surface area contributed by atoms with Gasteiger partial charge in [-0.25, -0.2) is 8.42 Å². The van der Waals surface area contributed by atoms with Crippen LogP contribution in [-0.4, -0.2) is 23.5 Å². The van der Waals surface area contributed by atoms with E-state index in [1.165, 1.54) is 38.4 Å². The van der Waals surface area contributed by atoms with Crippen LogP contribution in [0.3, 0.4) is 0 Å². The fourth-order valence-corrected chi connectivity index (χ4v) is 3.09. The third-order valence-electron chi connectivity index (χ3n) is 4.34. The predicted molar refractivity (Wildman–Crippen MR) is 95.0 cm³/mol. The van der Waals surface area contributed by atoms with E-state index in [1.807, 2.05) is 0 Å². The highest BCUT2D eigenvalue weighted by atomic mass is 32.2. The molecule has 2 aromatic carbocycles. The molecule has 1 N–H and O–H groups in total. The second-order valence-electron chi connectivity index (χ2n) is 6.00. The molecule has 27 heavy (non-hydrogen) atoms. The van der Waals surface area contributed by atoms with Crippen molar-refractivity contribution in [2.24, 2.45) is 7.05 Å². The molecule has 4 rings (SSSR count). The standard InChI is InChI=1S/C17H14N2.CHF3O3S/c1-11-12-7-4-6-10-15(12)19(2)17-13-8-3-5-9-14(13)18-16(11)17;2-1(3,4)8(5,6)7/h3-10H,1-2H3;(H,5,6,7). The number of halogens is 3. The zero-order valence-electron chi connectivity index (χ0n) is 14.3. The molecular formula is C18H15F3N2O3S. The average molecular weight is 396 g/mol. The number of H-pyrrole nitrogens is 1. The van der Waals surface area contributed by atoms with Gasteiger partial charge in [0.2, 0.25) is 11.0 Å². The summed E-state index contributed by atoms with van der Waals surface area (Å²) in [6.07, 6.45) is 0. The predicted octanol–water partition coefficient (Wildman–Crippen LogP) is 3.66. The molecule has 0 saturated heterocycles. The Morgan fingerprint density at radius 2 is 1.52 bits per heavy atom. The maximum absolute atomic E-state index is 10.7. The number of para-hydroxylation sites is 2. The van der Waals surface area contributed by atoms with Gasteiger partial charge in [-0.2, -0.15) is 17.7 Å². The van der Waals surface area contributed by atoms with Crippen molar-refractivity contribution in [1.82, 2.24) is 4.98 Å². The molecule has 142 valence electrons. The average Bonchev–Trinajstić information content (AvgIpc) is 2.98. The number of alkyl halides is 3. The molecule has 0 radical (unpaired) electrons. The lowest BCUT2D eigenvalue weighted by atomic mass is 10.1. The van der Waals surface area contributed by atoms with Gasteiger partial charge in [-0.3, -0.25) is 0 Å². The van der Waals surface area contributed by atoms with Crippen LogP contribution in [0.2, 0.25) is 0 Å². The summed E-state index contributed by atoms with van der Waals surface area (Å²) < 4.78 is 61.2. The van der Waals surface area contributed by atoms with Crippen LogP contribution in [0, 0.1) is 6.92 Å². The van der Waals surface area contributed by atoms with Crippen LogP contribution in [-0.2, 0) is 17.2 Å². The summed E-state index contributed by atoms with van der Waals surface area (Å²) in [7, 11) is -3.95. The molecule has 0 aliphatic rings. The fraction of sp³-hybridized carbons (Fsp3) is 0.167. The van der Waals surface area contributed by atoms with E-state index in [-0.39, 0.29) is 0 Å². The minimum atomic E-state index is -6.09. The molecule has 0 aliphatic heterocycles. The van der Waals surface area contributed by atoms with Crippen molar-refractivity contribution in [3.05, 3.63) is 54.1 Å². The van der Waals surface area contributed by atoms with Gasteiger partial charge < -0.3 is 9.54 Å². The van der Waals surface area contributed by atoms with E-state index in [0.29, 0.717) is 0 Å². The first-order valence-electron chi connectivity index (χ1n) is 7.82. The largest absolute Gasteiger partial charge is 0.741 e. The molecule has 5 nitrogen and oxygen atoms in total. The number of hydrogen-bond acceptors (Lipinski definition) is 3. The Hall–Kier alpha value is -2.65. The zero-order valence-corrected chi connectivity index (χ0v) is 15.1. The van der Waals surface area contributed by atoms with Crippen LogP contribution in [0.5, 0.6) is 0 Å². The van der Waals surface area contributed by atoms with Gasteiger partial charge in [-0.15, -0.1) is 0 Å². The fourth-order valence-electron chi connectivity index (χ4n) is 3.09. The van der Waals surface area contributed by atoms with Crippen molar-refractivity contribution < 1.29 is 30.7 Å². The van der Waals surface area contributed by atoms with Gasteiger partial charge in [-0.1, -0.05) is 24.3 Å². The van der Waals surface area contributed by atoms with E-state index in [9.17, 15) is 13.2 Å². The minimum Gasteiger partial charge on any atom is -0.741 e. The van der Waals surface area contributed by atoms with Gasteiger partial charge in [-0.05, 0) is 30.7 Å². The van der Waals surface area contributed by atoms with Gasteiger partial charge in [0.1, 0.15) is 12.6 Å². The van der Waals surface area contributed by atoms with Gasteiger partial charge in [0.25, 0.3) is 0 Å². The molecular weight excluding hydrogens is 381 g/mol. The van der Waals surface area contributed by atoms with Crippen LogP contribution in [0.4, 0.5) is 13.2 Å². The van der Waals surface area contributed by atoms with E-state index in [4.69, 9.17) is 13.0 Å². The highest BCUT2D eigenvalue weighted by Gasteiger charge is 2.36. The second-order valence-corrected chi connectivity index (χ2v) is 7.37. The molecule has 0 spiro atoms. The summed E-state index contributed by atoms with van der Waals surface area (Å²) in [5, 5.41) is 2.60. The number of pyridine rings is 1. The van der Waals surface area contributed by atoms with Crippen molar-refractivity contribution in [1.29, 1.82) is 0 Å². The van der Waals surface area contributed by atoms with E-state index >= 15 is 0 Å². The topological polar surface area (TPSA) is 76.9 Å². The maximum Gasteiger partial charge on any atom is 0.485 e. The van der Waals surface area contributed by atoms with E-state index < -0.39 is 15.6 Å². The Labute approximate surface area is 152 Å². The Morgan fingerprint density at radius 3 is 2.11 bits per heavy atom. The Morgan fingerprint density at radius 1 is 1.00 bits per heavy atom. The van der Waals surface area contributed by atoms with Gasteiger partial charge >= 0.3 is 5.51 Å². The smallest absolute Gasteiger partial charge is 0.485 e. The van der Waals surface area contributed by atoms with E-state index in [1.54, 1.807) is 0 Å². The third-order valence-corrected chi connectivity index (χ3v) is 4.91. The zero-order chi connectivity index (χ0) is 20.0. The second kappa shape index (κ2) is 6.50. The van der Waals surface area contributed by atoms with Crippen molar-refractivity contribution in [2.75, 3.05) is 0 Å². The number of aromatic nitrogens is 2. The number of rotatable bonds is 0. The summed E-state index contributed by atoms with van der Waals surface area (Å²) in [5.74, 6) is 0. The highest BCUT2D eigenvalue weighted by molar-refractivity contribution is 7.86. The van der Waals surface area contributed by atoms with E-state index in [0.717, 1.165) is 0 Å². The SMILES string of the molecule is Cc1c2ccccc2[n+](C)c2c1[nH]c1ccccc12.O=S(=O)([O-])C(F)(F)F. The highest BCUT2D eigenvalue weighted by Crippen LogP contribution is 2.28. The summed E-state index contributed by atoms with van der Waals surface area (Å²) in [4.78, 5) is 3.56. The molecule has 0 fully saturated rings. The van der Waals surface area contributed by atoms with Gasteiger partial charge in [0.15, 0.2) is 10.1 Å². The van der Waals surface area contributed by atoms with Gasteiger partial charge in [0.05, 0.1) is 16.3 Å². The van der Waals surface area contributed by atoms with Crippen LogP contribution < -0.4 is 4.57 Å². The summed E-state index contributed by atoms with van der Waals surface area (Å²) >= 11 is 0. The van der Waals surface area contributed by atoms with Crippen LogP contribution >= 0.6 is 0 Å². The van der Waals surface area contributed by atoms with Crippen LogP contribution in [0.25, 0.3) is 32.8 Å². The number of hydrogen-bond donors (Lipinski definition) is 1. The quantitative estimate of drug-likeness (QED) is 0.280. The summed E-state index contributed by atoms with van der Waals surface area (Å²) in [6.45, 7) is 2.19. The molecule has 9 heteroatoms. The van der Waals surface area contributed by atoms with Crippen LogP contribution in [0.15, 0.2) is 48.5 Å². The molecule has 0 aliphatic carbocycles. The maximum atomic E-state index is 10.7. The van der Waals surface area contributed by atoms with Crippen molar-refractivity contribution in [3.8, 4) is 0 Å². The van der Waals surface area contributed by atoms with Gasteiger partial charge in [0, 0.05) is 6.07 Å². The molecule has 2 aromatic heterocycles. The summed E-state index contributed by atoms with van der Waals surface area (Å²) in [5.41, 5.74) is 0.672. The number of nitrogens with zero attached hydrogens (tertiary/aromatic N) is 1. The lowest BCUT2D eigenvalue weighted by molar-refractivity contribution is -0.616. The molecule has 2 heterocycles. The first kappa shape index (κ1) is 19.1. The Bertz CT molecular complexity index is 1260. The molecule has 0 amide bonds. The third kappa shape index (κ3) is 3.35. The van der Waals surface area contributed by atoms with Crippen LogP contribution in [0.1, 0.15) is 5.56 Å². The number of fused-ring (bicyclic) bond motifs is 4. The van der Waals surface area contributed by atoms with Crippen molar-refractivity contribution in [3.63, 3.8) is 0 Å². The number of aryl methyl sites for hydroxylation is 2. The monoisotopic (exact) mass is 396 g/mol. The first-order valence-corrected chi connectivity index (χ1v) is 9.23. The van der Waals surface area contributed by atoms with E-state index in [2.05, 4.69) is 72.1 Å². The van der Waals surface area contributed by atoms with Crippen molar-refractivity contribution >= 4 is 43.0 Å². The molecule has 0 saturated carbocycles.